The van der Waals surface area contributed by atoms with Crippen molar-refractivity contribution in [3.05, 3.63) is 41.7 Å². The highest BCUT2D eigenvalue weighted by Crippen LogP contribution is 2.29. The standard InChI is InChI=1S/C15H13FO/c1-2-3-12-4-5-13(10-15(12)17)11-6-8-14(16)9-7-11/h1,6-10,12H,3-5H2. The largest absolute Gasteiger partial charge is 0.294 e. The molecule has 0 aliphatic heterocycles. The molecular weight excluding hydrogens is 215 g/mol. The van der Waals surface area contributed by atoms with Crippen molar-refractivity contribution in [2.45, 2.75) is 19.3 Å². The molecule has 17 heavy (non-hydrogen) atoms. The molecule has 0 saturated carbocycles. The Morgan fingerprint density at radius 3 is 2.65 bits per heavy atom. The van der Waals surface area contributed by atoms with Crippen LogP contribution in [0.5, 0.6) is 0 Å². The zero-order chi connectivity index (χ0) is 12.3. The van der Waals surface area contributed by atoms with E-state index in [1.807, 2.05) is 0 Å². The summed E-state index contributed by atoms with van der Waals surface area (Å²) < 4.78 is 12.8. The molecule has 0 heterocycles. The molecule has 0 amide bonds. The Hall–Kier alpha value is -1.88. The number of benzene rings is 1. The second-order valence-corrected chi connectivity index (χ2v) is 4.22. The number of rotatable bonds is 2. The van der Waals surface area contributed by atoms with Crippen LogP contribution in [0.1, 0.15) is 24.8 Å². The number of hydrogen-bond acceptors (Lipinski definition) is 1. The lowest BCUT2D eigenvalue weighted by Crippen LogP contribution is -2.16. The van der Waals surface area contributed by atoms with Crippen molar-refractivity contribution >= 4 is 11.4 Å². The molecule has 0 N–H and O–H groups in total. The van der Waals surface area contributed by atoms with Gasteiger partial charge in [-0.3, -0.25) is 4.79 Å². The second-order valence-electron chi connectivity index (χ2n) is 4.22. The molecule has 2 rings (SSSR count). The van der Waals surface area contributed by atoms with Crippen molar-refractivity contribution < 1.29 is 9.18 Å². The van der Waals surface area contributed by atoms with Gasteiger partial charge in [0.25, 0.3) is 0 Å². The van der Waals surface area contributed by atoms with Crippen LogP contribution in [0.2, 0.25) is 0 Å². The summed E-state index contributed by atoms with van der Waals surface area (Å²) in [6, 6.07) is 6.23. The van der Waals surface area contributed by atoms with Gasteiger partial charge in [0, 0.05) is 12.3 Å². The Morgan fingerprint density at radius 2 is 2.06 bits per heavy atom. The Bertz CT molecular complexity index is 491. The first-order valence-electron chi connectivity index (χ1n) is 5.64. The van der Waals surface area contributed by atoms with Crippen LogP contribution < -0.4 is 0 Å². The lowest BCUT2D eigenvalue weighted by atomic mass is 9.84. The molecule has 1 nitrogen and oxygen atoms in total. The van der Waals surface area contributed by atoms with Crippen LogP contribution in [0, 0.1) is 24.1 Å². The fourth-order valence-electron chi connectivity index (χ4n) is 2.07. The van der Waals surface area contributed by atoms with Gasteiger partial charge >= 0.3 is 0 Å². The van der Waals surface area contributed by atoms with E-state index in [4.69, 9.17) is 6.42 Å². The molecule has 0 bridgehead atoms. The molecule has 0 spiro atoms. The number of carbonyl (C=O) groups excluding carboxylic acids is 1. The number of hydrogen-bond donors (Lipinski definition) is 0. The van der Waals surface area contributed by atoms with Crippen LogP contribution >= 0.6 is 0 Å². The minimum atomic E-state index is -0.262. The fourth-order valence-corrected chi connectivity index (χ4v) is 2.07. The molecule has 86 valence electrons. The summed E-state index contributed by atoms with van der Waals surface area (Å²) in [5.41, 5.74) is 1.89. The summed E-state index contributed by atoms with van der Waals surface area (Å²) in [6.07, 6.45) is 8.98. The van der Waals surface area contributed by atoms with Gasteiger partial charge in [0.2, 0.25) is 0 Å². The molecule has 1 atom stereocenters. The molecule has 0 aromatic heterocycles. The first kappa shape index (κ1) is 11.6. The van der Waals surface area contributed by atoms with Crippen molar-refractivity contribution in [1.29, 1.82) is 0 Å². The molecular formula is C15H13FO. The Morgan fingerprint density at radius 1 is 1.35 bits per heavy atom. The molecule has 0 radical (unpaired) electrons. The number of carbonyl (C=O) groups is 1. The van der Waals surface area contributed by atoms with Crippen LogP contribution in [0.25, 0.3) is 5.57 Å². The predicted molar refractivity (Wildman–Crippen MR) is 65.6 cm³/mol. The van der Waals surface area contributed by atoms with Gasteiger partial charge in [-0.1, -0.05) is 12.1 Å². The quantitative estimate of drug-likeness (QED) is 0.710. The first-order chi connectivity index (χ1) is 8.20. The van der Waals surface area contributed by atoms with E-state index >= 15 is 0 Å². The molecule has 2 heteroatoms. The smallest absolute Gasteiger partial charge is 0.160 e. The topological polar surface area (TPSA) is 17.1 Å². The Balaban J connectivity index is 2.20. The van der Waals surface area contributed by atoms with Crippen molar-refractivity contribution in [3.63, 3.8) is 0 Å². The summed E-state index contributed by atoms with van der Waals surface area (Å²) in [6.45, 7) is 0. The highest BCUT2D eigenvalue weighted by atomic mass is 19.1. The molecule has 1 unspecified atom stereocenters. The molecule has 1 aliphatic rings. The number of halogens is 1. The zero-order valence-electron chi connectivity index (χ0n) is 9.45. The molecule has 0 saturated heterocycles. The van der Waals surface area contributed by atoms with E-state index in [0.717, 1.165) is 24.0 Å². The molecule has 1 aliphatic carbocycles. The van der Waals surface area contributed by atoms with E-state index in [2.05, 4.69) is 5.92 Å². The van der Waals surface area contributed by atoms with Crippen LogP contribution in [-0.4, -0.2) is 5.78 Å². The third-order valence-electron chi connectivity index (χ3n) is 3.06. The predicted octanol–water partition coefficient (Wildman–Crippen LogP) is 3.21. The summed E-state index contributed by atoms with van der Waals surface area (Å²) in [5.74, 6) is 2.32. The van der Waals surface area contributed by atoms with Crippen molar-refractivity contribution in [3.8, 4) is 12.3 Å². The van der Waals surface area contributed by atoms with Crippen LogP contribution in [0.4, 0.5) is 4.39 Å². The molecule has 1 aromatic carbocycles. The first-order valence-corrected chi connectivity index (χ1v) is 5.64. The van der Waals surface area contributed by atoms with Gasteiger partial charge in [-0.2, -0.15) is 0 Å². The minimum absolute atomic E-state index is 0.0378. The molecule has 0 fully saturated rings. The van der Waals surface area contributed by atoms with Gasteiger partial charge in [-0.15, -0.1) is 12.3 Å². The SMILES string of the molecule is C#CCC1CCC(c2ccc(F)cc2)=CC1=O. The number of ketones is 1. The van der Waals surface area contributed by atoms with Gasteiger partial charge in [-0.05, 0) is 42.2 Å². The second kappa shape index (κ2) is 4.97. The number of allylic oxidation sites excluding steroid dienone is 2. The van der Waals surface area contributed by atoms with Crippen LogP contribution in [-0.2, 0) is 4.79 Å². The van der Waals surface area contributed by atoms with Gasteiger partial charge < -0.3 is 0 Å². The van der Waals surface area contributed by atoms with Gasteiger partial charge in [0.1, 0.15) is 5.82 Å². The average molecular weight is 228 g/mol. The summed E-state index contributed by atoms with van der Waals surface area (Å²) in [7, 11) is 0. The van der Waals surface area contributed by atoms with Crippen molar-refractivity contribution in [2.24, 2.45) is 5.92 Å². The van der Waals surface area contributed by atoms with E-state index in [9.17, 15) is 9.18 Å². The summed E-state index contributed by atoms with van der Waals surface area (Å²) in [5, 5.41) is 0. The van der Waals surface area contributed by atoms with E-state index < -0.39 is 0 Å². The highest BCUT2D eigenvalue weighted by molar-refractivity contribution is 6.00. The van der Waals surface area contributed by atoms with Crippen LogP contribution in [0.3, 0.4) is 0 Å². The van der Waals surface area contributed by atoms with E-state index in [1.165, 1.54) is 12.1 Å². The third kappa shape index (κ3) is 2.62. The van der Waals surface area contributed by atoms with Gasteiger partial charge in [-0.25, -0.2) is 4.39 Å². The Kier molecular flexibility index (Phi) is 3.39. The maximum atomic E-state index is 12.8. The van der Waals surface area contributed by atoms with Gasteiger partial charge in [0.05, 0.1) is 0 Å². The lowest BCUT2D eigenvalue weighted by Gasteiger charge is -2.19. The normalized spacial score (nSPS) is 19.6. The van der Waals surface area contributed by atoms with Crippen molar-refractivity contribution in [2.75, 3.05) is 0 Å². The van der Waals surface area contributed by atoms with E-state index in [0.29, 0.717) is 6.42 Å². The van der Waals surface area contributed by atoms with E-state index in [-0.39, 0.29) is 17.5 Å². The highest BCUT2D eigenvalue weighted by Gasteiger charge is 2.21. The zero-order valence-corrected chi connectivity index (χ0v) is 9.45. The van der Waals surface area contributed by atoms with Gasteiger partial charge in [0.15, 0.2) is 5.78 Å². The van der Waals surface area contributed by atoms with Crippen LogP contribution in [0.15, 0.2) is 30.3 Å². The monoisotopic (exact) mass is 228 g/mol. The molecule has 1 aromatic rings. The lowest BCUT2D eigenvalue weighted by molar-refractivity contribution is -0.118. The summed E-state index contributed by atoms with van der Waals surface area (Å²) >= 11 is 0. The third-order valence-corrected chi connectivity index (χ3v) is 3.06. The minimum Gasteiger partial charge on any atom is -0.294 e. The maximum absolute atomic E-state index is 12.8. The average Bonchev–Trinajstić information content (AvgIpc) is 2.33. The Labute approximate surface area is 100 Å². The van der Waals surface area contributed by atoms with E-state index in [1.54, 1.807) is 18.2 Å². The summed E-state index contributed by atoms with van der Waals surface area (Å²) in [4.78, 5) is 11.8. The maximum Gasteiger partial charge on any atom is 0.160 e. The number of terminal acetylenes is 1. The fraction of sp³-hybridized carbons (Fsp3) is 0.267. The van der Waals surface area contributed by atoms with Crippen molar-refractivity contribution in [1.82, 2.24) is 0 Å².